The highest BCUT2D eigenvalue weighted by atomic mass is 35.5. The highest BCUT2D eigenvalue weighted by Crippen LogP contribution is 2.35. The van der Waals surface area contributed by atoms with Crippen LogP contribution in [0.15, 0.2) is 72.8 Å². The number of pyridine rings is 2. The lowest BCUT2D eigenvalue weighted by atomic mass is 10.1. The minimum absolute atomic E-state index is 0.696. The van der Waals surface area contributed by atoms with Crippen LogP contribution in [0.2, 0.25) is 5.02 Å². The van der Waals surface area contributed by atoms with Gasteiger partial charge in [-0.05, 0) is 112 Å². The van der Waals surface area contributed by atoms with E-state index in [9.17, 15) is 0 Å². The smallest absolute Gasteiger partial charge is 0.119 e. The summed E-state index contributed by atoms with van der Waals surface area (Å²) in [5.74, 6) is 1.68. The lowest BCUT2D eigenvalue weighted by Crippen LogP contribution is -2.16. The Morgan fingerprint density at radius 3 is 1.53 bits per heavy atom. The molecule has 6 rings (SSSR count). The van der Waals surface area contributed by atoms with Gasteiger partial charge in [-0.1, -0.05) is 49.4 Å². The number of halogens is 1. The van der Waals surface area contributed by atoms with Crippen molar-refractivity contribution in [3.8, 4) is 11.5 Å². The van der Waals surface area contributed by atoms with E-state index in [-0.39, 0.29) is 0 Å². The third-order valence-corrected chi connectivity index (χ3v) is 9.48. The zero-order chi connectivity index (χ0) is 34.0. The largest absolute Gasteiger partial charge is 0.497 e. The van der Waals surface area contributed by atoms with Crippen molar-refractivity contribution in [2.45, 2.75) is 58.3 Å². The lowest BCUT2D eigenvalue weighted by molar-refractivity contribution is 0.415. The van der Waals surface area contributed by atoms with E-state index >= 15 is 0 Å². The molecular weight excluding hydrogens is 630 g/mol. The van der Waals surface area contributed by atoms with Crippen molar-refractivity contribution in [1.29, 1.82) is 0 Å². The third kappa shape index (κ3) is 8.64. The summed E-state index contributed by atoms with van der Waals surface area (Å²) in [6.45, 7) is 6.14. The molecule has 0 aliphatic rings. The van der Waals surface area contributed by atoms with Crippen molar-refractivity contribution >= 4 is 66.6 Å². The number of nitrogens with one attached hydrogen (secondary N) is 3. The number of fused-ring (bicyclic) bond motifs is 4. The Labute approximate surface area is 294 Å². The summed E-state index contributed by atoms with van der Waals surface area (Å²) in [6, 6.07) is 24.6. The van der Waals surface area contributed by atoms with Crippen molar-refractivity contribution in [1.82, 2.24) is 15.3 Å². The van der Waals surface area contributed by atoms with Gasteiger partial charge in [0.2, 0.25) is 0 Å². The minimum Gasteiger partial charge on any atom is -0.497 e. The van der Waals surface area contributed by atoms with E-state index in [1.54, 1.807) is 14.2 Å². The summed E-state index contributed by atoms with van der Waals surface area (Å²) in [7, 11) is 3.41. The molecule has 8 heteroatoms. The van der Waals surface area contributed by atoms with E-state index in [4.69, 9.17) is 31.0 Å². The van der Waals surface area contributed by atoms with E-state index in [1.165, 1.54) is 44.1 Å². The zero-order valence-corrected chi connectivity index (χ0v) is 29.8. The number of benzene rings is 4. The molecule has 2 aromatic heterocycles. The molecule has 0 fully saturated rings. The molecule has 0 radical (unpaired) electrons. The second-order valence-corrected chi connectivity index (χ2v) is 13.3. The van der Waals surface area contributed by atoms with E-state index < -0.39 is 0 Å². The fraction of sp³-hybridized carbons (Fsp3) is 0.366. The van der Waals surface area contributed by atoms with Crippen LogP contribution in [0.5, 0.6) is 11.5 Å². The molecular formula is C41H48ClN5O2. The number of hydrogen-bond acceptors (Lipinski definition) is 7. The number of hydrogen-bond donors (Lipinski definition) is 3. The fourth-order valence-electron chi connectivity index (χ4n) is 6.57. The molecule has 256 valence electrons. The van der Waals surface area contributed by atoms with Crippen molar-refractivity contribution in [2.75, 3.05) is 51.0 Å². The number of ether oxygens (including phenoxy) is 2. The van der Waals surface area contributed by atoms with Crippen LogP contribution in [0.3, 0.4) is 0 Å². The molecule has 0 spiro atoms. The van der Waals surface area contributed by atoms with Crippen LogP contribution in [0, 0.1) is 6.92 Å². The molecule has 0 unspecified atom stereocenters. The van der Waals surface area contributed by atoms with Gasteiger partial charge >= 0.3 is 0 Å². The van der Waals surface area contributed by atoms with E-state index in [0.717, 1.165) is 106 Å². The average molecular weight is 678 g/mol. The molecule has 3 N–H and O–H groups in total. The van der Waals surface area contributed by atoms with Gasteiger partial charge in [0.05, 0.1) is 47.7 Å². The van der Waals surface area contributed by atoms with Gasteiger partial charge in [0.1, 0.15) is 11.5 Å². The Hall–Kier alpha value is -4.33. The predicted octanol–water partition coefficient (Wildman–Crippen LogP) is 10.3. The number of rotatable bonds is 18. The monoisotopic (exact) mass is 677 g/mol. The maximum Gasteiger partial charge on any atom is 0.119 e. The Kier molecular flexibility index (Phi) is 11.9. The van der Waals surface area contributed by atoms with Crippen molar-refractivity contribution in [2.24, 2.45) is 0 Å². The van der Waals surface area contributed by atoms with Gasteiger partial charge in [-0.15, -0.1) is 0 Å². The molecule has 0 atom stereocenters. The number of nitrogens with zero attached hydrogens (tertiary/aromatic N) is 2. The first-order chi connectivity index (χ1) is 24.0. The highest BCUT2D eigenvalue weighted by molar-refractivity contribution is 6.31. The minimum atomic E-state index is 0.696. The molecule has 4 aromatic carbocycles. The topological polar surface area (TPSA) is 80.3 Å². The Morgan fingerprint density at radius 1 is 0.510 bits per heavy atom. The predicted molar refractivity (Wildman–Crippen MR) is 208 cm³/mol. The van der Waals surface area contributed by atoms with E-state index in [0.29, 0.717) is 5.02 Å². The maximum absolute atomic E-state index is 6.28. The second-order valence-electron chi connectivity index (χ2n) is 12.9. The molecule has 7 nitrogen and oxygen atoms in total. The molecule has 0 aliphatic heterocycles. The van der Waals surface area contributed by atoms with Gasteiger partial charge in [-0.25, -0.2) is 9.97 Å². The molecule has 0 bridgehead atoms. The zero-order valence-electron chi connectivity index (χ0n) is 29.0. The maximum atomic E-state index is 6.28. The SMILES string of the molecule is COc1ccc2nc3cc(C)ccc3c(NCCCCCCNCCCCCCNc3c4ccc(Cl)cc4nc4ccc(OC)cc34)c2c1. The molecule has 6 aromatic rings. The number of aromatic nitrogens is 2. The van der Waals surface area contributed by atoms with Crippen LogP contribution in [0.1, 0.15) is 56.9 Å². The van der Waals surface area contributed by atoms with Gasteiger partial charge in [-0.3, -0.25) is 0 Å². The summed E-state index contributed by atoms with van der Waals surface area (Å²) in [5, 5.41) is 16.2. The number of unbranched alkanes of at least 4 members (excludes halogenated alkanes) is 6. The molecule has 0 aliphatic carbocycles. The standard InChI is InChI=1S/C41H48ClN5O2/c1-28-12-16-32-38(24-28)46-36-18-14-30(48-2)26-34(36)40(32)44-22-10-6-4-8-20-43-21-9-5-7-11-23-45-41-33-17-13-29(42)25-39(33)47-37-19-15-31(49-3)27-35(37)41/h12-19,24-27,43H,4-11,20-23H2,1-3H3,(H,44,46)(H,45,47). The summed E-state index contributed by atoms with van der Waals surface area (Å²) < 4.78 is 11.0. The van der Waals surface area contributed by atoms with Gasteiger partial charge < -0.3 is 25.4 Å². The number of aryl methyl sites for hydroxylation is 1. The molecule has 0 saturated carbocycles. The lowest BCUT2D eigenvalue weighted by Gasteiger charge is -2.14. The van der Waals surface area contributed by atoms with Crippen LogP contribution in [0.25, 0.3) is 43.6 Å². The highest BCUT2D eigenvalue weighted by Gasteiger charge is 2.12. The average Bonchev–Trinajstić information content (AvgIpc) is 3.11. The van der Waals surface area contributed by atoms with Crippen LogP contribution < -0.4 is 25.4 Å². The fourth-order valence-corrected chi connectivity index (χ4v) is 6.74. The third-order valence-electron chi connectivity index (χ3n) is 9.24. The molecule has 0 saturated heterocycles. The van der Waals surface area contributed by atoms with E-state index in [1.807, 2.05) is 36.4 Å². The normalized spacial score (nSPS) is 11.5. The molecule has 0 amide bonds. The molecule has 2 heterocycles. The van der Waals surface area contributed by atoms with Crippen molar-refractivity contribution in [3.05, 3.63) is 83.4 Å². The first-order valence-corrected chi connectivity index (χ1v) is 18.1. The first-order valence-electron chi connectivity index (χ1n) is 17.7. The van der Waals surface area contributed by atoms with Gasteiger partial charge in [0.25, 0.3) is 0 Å². The van der Waals surface area contributed by atoms with Gasteiger partial charge in [0, 0.05) is 39.7 Å². The van der Waals surface area contributed by atoms with Crippen LogP contribution in [-0.4, -0.2) is 50.4 Å². The summed E-state index contributed by atoms with van der Waals surface area (Å²) in [4.78, 5) is 9.75. The summed E-state index contributed by atoms with van der Waals surface area (Å²) >= 11 is 6.28. The first kappa shape index (κ1) is 34.5. The molecule has 49 heavy (non-hydrogen) atoms. The summed E-state index contributed by atoms with van der Waals surface area (Å²) in [5.41, 5.74) is 7.33. The number of anilines is 2. The van der Waals surface area contributed by atoms with E-state index in [2.05, 4.69) is 59.3 Å². The van der Waals surface area contributed by atoms with Gasteiger partial charge in [-0.2, -0.15) is 0 Å². The van der Waals surface area contributed by atoms with Crippen molar-refractivity contribution < 1.29 is 9.47 Å². The Morgan fingerprint density at radius 2 is 1.00 bits per heavy atom. The van der Waals surface area contributed by atoms with Crippen molar-refractivity contribution in [3.63, 3.8) is 0 Å². The Balaban J connectivity index is 0.864. The van der Waals surface area contributed by atoms with Crippen LogP contribution in [0.4, 0.5) is 11.4 Å². The summed E-state index contributed by atoms with van der Waals surface area (Å²) in [6.07, 6.45) is 9.56. The number of methoxy groups -OCH3 is 2. The quantitative estimate of drug-likeness (QED) is 0.0617. The van der Waals surface area contributed by atoms with Gasteiger partial charge in [0.15, 0.2) is 0 Å². The second kappa shape index (κ2) is 16.9. The van der Waals surface area contributed by atoms with Crippen LogP contribution >= 0.6 is 11.6 Å². The Bertz CT molecular complexity index is 1890. The van der Waals surface area contributed by atoms with Crippen LogP contribution in [-0.2, 0) is 0 Å².